The van der Waals surface area contributed by atoms with Gasteiger partial charge in [-0.2, -0.15) is 0 Å². The van der Waals surface area contributed by atoms with Crippen LogP contribution in [0, 0.1) is 6.92 Å². The van der Waals surface area contributed by atoms with Gasteiger partial charge in [0, 0.05) is 41.7 Å². The number of rotatable bonds is 6. The summed E-state index contributed by atoms with van der Waals surface area (Å²) in [5, 5.41) is 6.29. The Labute approximate surface area is 187 Å². The fourth-order valence-electron chi connectivity index (χ4n) is 3.41. The number of imidazole rings is 1. The number of nitrogens with one attached hydrogen (secondary N) is 3. The number of anilines is 1. The molecule has 4 rings (SSSR count). The SMILES string of the molecule is Cc1ccccc1C(=O)NC(=NCCc1cnc[nH]1)Nc1ccccc1-c1ccccc1. The van der Waals surface area contributed by atoms with Gasteiger partial charge in [-0.25, -0.2) is 4.98 Å². The number of aliphatic imine (C=N–C) groups is 1. The van der Waals surface area contributed by atoms with E-state index in [1.807, 2.05) is 73.7 Å². The lowest BCUT2D eigenvalue weighted by molar-refractivity contribution is 0.0976. The molecule has 0 aliphatic heterocycles. The average Bonchev–Trinajstić information content (AvgIpc) is 3.34. The average molecular weight is 424 g/mol. The third-order valence-electron chi connectivity index (χ3n) is 5.09. The van der Waals surface area contributed by atoms with Gasteiger partial charge in [-0.05, 0) is 30.2 Å². The van der Waals surface area contributed by atoms with Gasteiger partial charge >= 0.3 is 0 Å². The Morgan fingerprint density at radius 2 is 1.72 bits per heavy atom. The Hall–Kier alpha value is -4.19. The molecular formula is C26H25N5O. The molecule has 0 aliphatic carbocycles. The zero-order valence-electron chi connectivity index (χ0n) is 17.9. The van der Waals surface area contributed by atoms with Crippen molar-refractivity contribution in [3.8, 4) is 11.1 Å². The maximum atomic E-state index is 13.0. The van der Waals surface area contributed by atoms with Gasteiger partial charge in [0.15, 0.2) is 0 Å². The van der Waals surface area contributed by atoms with Crippen molar-refractivity contribution in [2.24, 2.45) is 4.99 Å². The molecule has 4 aromatic rings. The number of para-hydroxylation sites is 1. The molecule has 0 aliphatic rings. The molecule has 3 aromatic carbocycles. The van der Waals surface area contributed by atoms with E-state index in [-0.39, 0.29) is 5.91 Å². The van der Waals surface area contributed by atoms with Crippen molar-refractivity contribution in [2.45, 2.75) is 13.3 Å². The fraction of sp³-hybridized carbons (Fsp3) is 0.115. The molecule has 32 heavy (non-hydrogen) atoms. The number of benzene rings is 3. The highest BCUT2D eigenvalue weighted by Gasteiger charge is 2.13. The van der Waals surface area contributed by atoms with E-state index in [4.69, 9.17) is 0 Å². The highest BCUT2D eigenvalue weighted by Crippen LogP contribution is 2.27. The van der Waals surface area contributed by atoms with Gasteiger partial charge in [0.05, 0.1) is 6.33 Å². The second kappa shape index (κ2) is 10.2. The number of aromatic amines is 1. The van der Waals surface area contributed by atoms with Gasteiger partial charge in [0.2, 0.25) is 5.96 Å². The highest BCUT2D eigenvalue weighted by molar-refractivity contribution is 6.11. The van der Waals surface area contributed by atoms with Crippen LogP contribution >= 0.6 is 0 Å². The van der Waals surface area contributed by atoms with Crippen molar-refractivity contribution in [1.29, 1.82) is 0 Å². The first kappa shape index (κ1) is 21.1. The number of aromatic nitrogens is 2. The van der Waals surface area contributed by atoms with E-state index in [1.54, 1.807) is 12.5 Å². The summed E-state index contributed by atoms with van der Waals surface area (Å²) < 4.78 is 0. The molecule has 1 amide bonds. The molecule has 0 saturated carbocycles. The van der Waals surface area contributed by atoms with E-state index in [0.29, 0.717) is 24.5 Å². The summed E-state index contributed by atoms with van der Waals surface area (Å²) in [4.78, 5) is 24.7. The van der Waals surface area contributed by atoms with Crippen molar-refractivity contribution >= 4 is 17.6 Å². The molecule has 160 valence electrons. The van der Waals surface area contributed by atoms with Crippen LogP contribution in [0.3, 0.4) is 0 Å². The number of carbonyl (C=O) groups is 1. The van der Waals surface area contributed by atoms with E-state index in [0.717, 1.165) is 28.1 Å². The van der Waals surface area contributed by atoms with Gasteiger partial charge in [-0.3, -0.25) is 15.1 Å². The Morgan fingerprint density at radius 1 is 0.969 bits per heavy atom. The smallest absolute Gasteiger partial charge is 0.258 e. The quantitative estimate of drug-likeness (QED) is 0.307. The number of guanidine groups is 1. The second-order valence-electron chi connectivity index (χ2n) is 7.36. The van der Waals surface area contributed by atoms with E-state index >= 15 is 0 Å². The predicted molar refractivity (Wildman–Crippen MR) is 129 cm³/mol. The van der Waals surface area contributed by atoms with Crippen LogP contribution in [0.1, 0.15) is 21.6 Å². The van der Waals surface area contributed by atoms with Gasteiger partial charge < -0.3 is 10.3 Å². The third-order valence-corrected chi connectivity index (χ3v) is 5.09. The molecule has 0 spiro atoms. The fourth-order valence-corrected chi connectivity index (χ4v) is 3.41. The van der Waals surface area contributed by atoms with Gasteiger partial charge in [0.1, 0.15) is 0 Å². The summed E-state index contributed by atoms with van der Waals surface area (Å²) >= 11 is 0. The minimum absolute atomic E-state index is 0.201. The number of nitrogens with zero attached hydrogens (tertiary/aromatic N) is 2. The van der Waals surface area contributed by atoms with Gasteiger partial charge in [-0.15, -0.1) is 0 Å². The Bertz CT molecular complexity index is 1200. The zero-order chi connectivity index (χ0) is 22.2. The molecule has 0 bridgehead atoms. The lowest BCUT2D eigenvalue weighted by Gasteiger charge is -2.16. The number of H-pyrrole nitrogens is 1. The zero-order valence-corrected chi connectivity index (χ0v) is 17.9. The van der Waals surface area contributed by atoms with Crippen molar-refractivity contribution in [3.05, 3.63) is 108 Å². The standard InChI is InChI=1S/C26H25N5O/c1-19-9-5-6-12-22(19)25(32)31-26(28-16-15-21-17-27-18-29-21)30-24-14-8-7-13-23(24)20-10-3-2-4-11-20/h2-14,17-18H,15-16H2,1H3,(H,27,29)(H2,28,30,31,32). The monoisotopic (exact) mass is 423 g/mol. The van der Waals surface area contributed by atoms with Crippen LogP contribution in [0.25, 0.3) is 11.1 Å². The Kier molecular flexibility index (Phi) is 6.72. The molecule has 3 N–H and O–H groups in total. The van der Waals surface area contributed by atoms with Crippen LogP contribution < -0.4 is 10.6 Å². The molecule has 0 fully saturated rings. The first-order valence-corrected chi connectivity index (χ1v) is 10.5. The van der Waals surface area contributed by atoms with E-state index in [9.17, 15) is 4.79 Å². The van der Waals surface area contributed by atoms with E-state index < -0.39 is 0 Å². The molecule has 6 nitrogen and oxygen atoms in total. The molecule has 6 heteroatoms. The second-order valence-corrected chi connectivity index (χ2v) is 7.36. The Morgan fingerprint density at radius 3 is 2.50 bits per heavy atom. The maximum Gasteiger partial charge on any atom is 0.258 e. The minimum Gasteiger partial charge on any atom is -0.348 e. The molecule has 0 radical (unpaired) electrons. The van der Waals surface area contributed by atoms with Crippen LogP contribution in [0.5, 0.6) is 0 Å². The first-order chi connectivity index (χ1) is 15.7. The summed E-state index contributed by atoms with van der Waals surface area (Å²) in [5.41, 5.74) is 5.49. The van der Waals surface area contributed by atoms with E-state index in [2.05, 4.69) is 37.7 Å². The predicted octanol–water partition coefficient (Wildman–Crippen LogP) is 4.83. The lowest BCUT2D eigenvalue weighted by Crippen LogP contribution is -2.36. The molecule has 0 saturated heterocycles. The van der Waals surface area contributed by atoms with E-state index in [1.165, 1.54) is 0 Å². The van der Waals surface area contributed by atoms with Crippen LogP contribution in [0.4, 0.5) is 5.69 Å². The normalized spacial score (nSPS) is 11.2. The van der Waals surface area contributed by atoms with Crippen LogP contribution in [-0.4, -0.2) is 28.4 Å². The topological polar surface area (TPSA) is 82.2 Å². The molecule has 0 unspecified atom stereocenters. The summed E-state index contributed by atoms with van der Waals surface area (Å²) in [6.45, 7) is 2.41. The van der Waals surface area contributed by atoms with Crippen molar-refractivity contribution in [3.63, 3.8) is 0 Å². The number of hydrogen-bond acceptors (Lipinski definition) is 3. The first-order valence-electron chi connectivity index (χ1n) is 10.5. The maximum absolute atomic E-state index is 13.0. The summed E-state index contributed by atoms with van der Waals surface area (Å²) in [6.07, 6.45) is 4.11. The van der Waals surface area contributed by atoms with Gasteiger partial charge in [0.25, 0.3) is 5.91 Å². The van der Waals surface area contributed by atoms with Crippen LogP contribution in [0.15, 0.2) is 96.4 Å². The van der Waals surface area contributed by atoms with Crippen LogP contribution in [-0.2, 0) is 6.42 Å². The Balaban J connectivity index is 1.59. The summed E-state index contributed by atoms with van der Waals surface area (Å²) in [6, 6.07) is 25.6. The summed E-state index contributed by atoms with van der Waals surface area (Å²) in [7, 11) is 0. The van der Waals surface area contributed by atoms with Crippen molar-refractivity contribution in [2.75, 3.05) is 11.9 Å². The van der Waals surface area contributed by atoms with Crippen molar-refractivity contribution < 1.29 is 4.79 Å². The lowest BCUT2D eigenvalue weighted by atomic mass is 10.0. The molecular weight excluding hydrogens is 398 g/mol. The minimum atomic E-state index is -0.201. The van der Waals surface area contributed by atoms with Crippen molar-refractivity contribution in [1.82, 2.24) is 15.3 Å². The number of hydrogen-bond donors (Lipinski definition) is 3. The number of aryl methyl sites for hydroxylation is 1. The summed E-state index contributed by atoms with van der Waals surface area (Å²) in [5.74, 6) is 0.203. The molecule has 0 atom stereocenters. The number of amides is 1. The van der Waals surface area contributed by atoms with Gasteiger partial charge in [-0.1, -0.05) is 66.7 Å². The molecule has 1 heterocycles. The number of carbonyl (C=O) groups excluding carboxylic acids is 1. The largest absolute Gasteiger partial charge is 0.348 e. The highest BCUT2D eigenvalue weighted by atomic mass is 16.1. The van der Waals surface area contributed by atoms with Crippen LogP contribution in [0.2, 0.25) is 0 Å². The third kappa shape index (κ3) is 5.29. The molecule has 1 aromatic heterocycles.